The van der Waals surface area contributed by atoms with Crippen molar-refractivity contribution in [2.75, 3.05) is 4.90 Å². The highest BCUT2D eigenvalue weighted by Crippen LogP contribution is 2.64. The van der Waals surface area contributed by atoms with Crippen LogP contribution >= 0.6 is 0 Å². The van der Waals surface area contributed by atoms with Crippen molar-refractivity contribution in [3.8, 4) is 44.5 Å². The summed E-state index contributed by atoms with van der Waals surface area (Å²) in [5.41, 5.74) is 28.3. The van der Waals surface area contributed by atoms with Crippen LogP contribution in [0, 0.1) is 37.5 Å². The number of rotatable bonds is 6. The van der Waals surface area contributed by atoms with E-state index in [0.717, 1.165) is 29.6 Å². The van der Waals surface area contributed by atoms with Gasteiger partial charge in [-0.3, -0.25) is 0 Å². The summed E-state index contributed by atoms with van der Waals surface area (Å²) in [6.07, 6.45) is 7.32. The zero-order chi connectivity index (χ0) is 49.8. The Labute approximate surface area is 439 Å². The lowest BCUT2D eigenvalue weighted by Crippen LogP contribution is -2.43. The van der Waals surface area contributed by atoms with Crippen LogP contribution in [0.5, 0.6) is 0 Å². The molecule has 7 aliphatic carbocycles. The molecule has 9 aromatic carbocycles. The van der Waals surface area contributed by atoms with Crippen LogP contribution in [-0.4, -0.2) is 0 Å². The van der Waals surface area contributed by atoms with E-state index in [1.807, 2.05) is 0 Å². The van der Waals surface area contributed by atoms with E-state index in [0.29, 0.717) is 0 Å². The first kappa shape index (κ1) is 44.3. The molecule has 9 aromatic rings. The van der Waals surface area contributed by atoms with Crippen molar-refractivity contribution in [3.05, 3.63) is 255 Å². The molecule has 0 amide bonds. The van der Waals surface area contributed by atoms with E-state index < -0.39 is 5.41 Å². The molecule has 1 spiro atoms. The minimum atomic E-state index is -0.495. The van der Waals surface area contributed by atoms with Crippen molar-refractivity contribution in [1.82, 2.24) is 0 Å². The second-order valence-corrected chi connectivity index (χ2v) is 24.6. The van der Waals surface area contributed by atoms with Crippen molar-refractivity contribution in [3.63, 3.8) is 0 Å². The first-order valence-electron chi connectivity index (χ1n) is 27.8. The molecule has 16 rings (SSSR count). The van der Waals surface area contributed by atoms with Gasteiger partial charge in [0.1, 0.15) is 0 Å². The van der Waals surface area contributed by atoms with Gasteiger partial charge in [-0.1, -0.05) is 179 Å². The van der Waals surface area contributed by atoms with Gasteiger partial charge in [-0.15, -0.1) is 0 Å². The molecule has 0 unspecified atom stereocenters. The maximum Gasteiger partial charge on any atom is 0.0720 e. The van der Waals surface area contributed by atoms with Gasteiger partial charge in [0.05, 0.1) is 11.1 Å². The lowest BCUT2D eigenvalue weighted by Gasteiger charge is -2.54. The summed E-state index contributed by atoms with van der Waals surface area (Å²) < 4.78 is 0. The molecular weight excluding hydrogens is 891 g/mol. The Hall–Kier alpha value is -7.22. The summed E-state index contributed by atoms with van der Waals surface area (Å²) in [7, 11) is 0. The quantitative estimate of drug-likeness (QED) is 0.161. The zero-order valence-electron chi connectivity index (χ0n) is 43.8. The standard InChI is InChI=1S/C73H65N/c1-44-34-52(49-24-26-50(27-25-49)69-53-37-46-36-47(39-53)40-54(69)38-46)35-45(2)70(44)74(55-29-32-59-58-31-28-51(48-16-8-7-9-17-48)41-66(58)72(5,6)67(59)42-55)56-30-33-60-57-18-10-11-19-61(57)73(68(60)43-56)64-22-14-12-20-62(64)71(3,4)63-21-13-15-23-65(63)73/h7-35,41-43,46-47,53-54,69H,36-40H2,1-6H3. The summed E-state index contributed by atoms with van der Waals surface area (Å²) >= 11 is 0. The molecule has 4 bridgehead atoms. The third kappa shape index (κ3) is 6.16. The fourth-order valence-corrected chi connectivity index (χ4v) is 16.9. The van der Waals surface area contributed by atoms with E-state index in [1.54, 1.807) is 5.56 Å². The van der Waals surface area contributed by atoms with Gasteiger partial charge in [0.2, 0.25) is 0 Å². The van der Waals surface area contributed by atoms with E-state index in [4.69, 9.17) is 0 Å². The molecule has 4 saturated carbocycles. The van der Waals surface area contributed by atoms with Gasteiger partial charge < -0.3 is 4.90 Å². The van der Waals surface area contributed by atoms with Crippen LogP contribution in [0.4, 0.5) is 17.1 Å². The fourth-order valence-electron chi connectivity index (χ4n) is 16.9. The van der Waals surface area contributed by atoms with E-state index in [2.05, 4.69) is 241 Å². The Bertz CT molecular complexity index is 3670. The molecule has 1 nitrogen and oxygen atoms in total. The van der Waals surface area contributed by atoms with Crippen LogP contribution in [-0.2, 0) is 16.2 Å². The van der Waals surface area contributed by atoms with Crippen molar-refractivity contribution >= 4 is 17.1 Å². The van der Waals surface area contributed by atoms with Crippen molar-refractivity contribution in [2.24, 2.45) is 23.7 Å². The number of hydrogen-bond donors (Lipinski definition) is 0. The Morgan fingerprint density at radius 3 is 1.41 bits per heavy atom. The molecular formula is C73H65N. The van der Waals surface area contributed by atoms with Gasteiger partial charge >= 0.3 is 0 Å². The predicted octanol–water partition coefficient (Wildman–Crippen LogP) is 19.0. The SMILES string of the molecule is Cc1cc(-c2ccc(C3C4CC5CC(C4)CC3C5)cc2)cc(C)c1N(c1ccc2c(c1)C(C)(C)c1cc(-c3ccccc3)ccc1-2)c1ccc2c(c1)C1(c3ccccc3-2)c2ccccc2C(C)(C)c2ccccc21. The molecule has 4 fully saturated rings. The van der Waals surface area contributed by atoms with Gasteiger partial charge in [0, 0.05) is 22.2 Å². The number of fused-ring (bicyclic) bond motifs is 12. The van der Waals surface area contributed by atoms with Gasteiger partial charge in [0.15, 0.2) is 0 Å². The number of anilines is 3. The minimum Gasteiger partial charge on any atom is -0.310 e. The maximum absolute atomic E-state index is 2.61. The third-order valence-electron chi connectivity index (χ3n) is 19.9. The lowest BCUT2D eigenvalue weighted by molar-refractivity contribution is -0.00277. The molecule has 0 aliphatic heterocycles. The molecule has 0 saturated heterocycles. The third-order valence-corrected chi connectivity index (χ3v) is 19.9. The Morgan fingerprint density at radius 2 is 0.797 bits per heavy atom. The Morgan fingerprint density at radius 1 is 0.351 bits per heavy atom. The molecule has 0 N–H and O–H groups in total. The van der Waals surface area contributed by atoms with Crippen LogP contribution < -0.4 is 4.90 Å². The van der Waals surface area contributed by atoms with Gasteiger partial charge in [-0.05, 0) is 224 Å². The first-order chi connectivity index (χ1) is 36.0. The molecule has 0 atom stereocenters. The Kier molecular flexibility index (Phi) is 9.51. The van der Waals surface area contributed by atoms with Crippen molar-refractivity contribution in [1.29, 1.82) is 0 Å². The van der Waals surface area contributed by atoms with Gasteiger partial charge in [-0.25, -0.2) is 0 Å². The minimum absolute atomic E-state index is 0.165. The summed E-state index contributed by atoms with van der Waals surface area (Å²) in [5, 5.41) is 0. The Balaban J connectivity index is 0.904. The molecule has 7 aliphatic rings. The van der Waals surface area contributed by atoms with Crippen LogP contribution in [0.1, 0.15) is 127 Å². The highest BCUT2D eigenvalue weighted by atomic mass is 15.1. The molecule has 0 radical (unpaired) electrons. The van der Waals surface area contributed by atoms with Gasteiger partial charge in [-0.2, -0.15) is 0 Å². The predicted molar refractivity (Wildman–Crippen MR) is 308 cm³/mol. The van der Waals surface area contributed by atoms with Crippen LogP contribution in [0.15, 0.2) is 194 Å². The number of aryl methyl sites for hydroxylation is 2. The maximum atomic E-state index is 2.61. The normalized spacial score (nSPS) is 22.1. The molecule has 0 aromatic heterocycles. The summed E-state index contributed by atoms with van der Waals surface area (Å²) in [4.78, 5) is 2.61. The smallest absolute Gasteiger partial charge is 0.0720 e. The van der Waals surface area contributed by atoms with E-state index in [9.17, 15) is 0 Å². The zero-order valence-corrected chi connectivity index (χ0v) is 43.8. The highest BCUT2D eigenvalue weighted by molar-refractivity contribution is 5.93. The van der Waals surface area contributed by atoms with Crippen LogP contribution in [0.2, 0.25) is 0 Å². The monoisotopic (exact) mass is 956 g/mol. The van der Waals surface area contributed by atoms with Crippen molar-refractivity contribution < 1.29 is 0 Å². The summed E-state index contributed by atoms with van der Waals surface area (Å²) in [5.74, 6) is 4.50. The lowest BCUT2D eigenvalue weighted by atomic mass is 9.51. The number of benzene rings is 9. The van der Waals surface area contributed by atoms with E-state index >= 15 is 0 Å². The summed E-state index contributed by atoms with van der Waals surface area (Å²) in [6.45, 7) is 14.4. The molecule has 74 heavy (non-hydrogen) atoms. The van der Waals surface area contributed by atoms with Crippen LogP contribution in [0.3, 0.4) is 0 Å². The first-order valence-corrected chi connectivity index (χ1v) is 27.8. The molecule has 362 valence electrons. The molecule has 1 heteroatoms. The number of nitrogens with zero attached hydrogens (tertiary/aromatic N) is 1. The fraction of sp³-hybridized carbons (Fsp3) is 0.260. The average molecular weight is 956 g/mol. The van der Waals surface area contributed by atoms with Crippen LogP contribution in [0.25, 0.3) is 44.5 Å². The van der Waals surface area contributed by atoms with Gasteiger partial charge in [0.25, 0.3) is 0 Å². The largest absolute Gasteiger partial charge is 0.310 e. The number of hydrogen-bond acceptors (Lipinski definition) is 1. The second kappa shape index (κ2) is 15.9. The topological polar surface area (TPSA) is 3.24 Å². The average Bonchev–Trinajstić information content (AvgIpc) is 3.83. The van der Waals surface area contributed by atoms with E-state index in [-0.39, 0.29) is 10.8 Å². The highest BCUT2D eigenvalue weighted by Gasteiger charge is 2.54. The second-order valence-electron chi connectivity index (χ2n) is 24.6. The summed E-state index contributed by atoms with van der Waals surface area (Å²) in [6, 6.07) is 75.4. The van der Waals surface area contributed by atoms with Crippen molar-refractivity contribution in [2.45, 2.75) is 95.8 Å². The van der Waals surface area contributed by atoms with E-state index in [1.165, 1.54) is 149 Å². The molecule has 0 heterocycles.